The summed E-state index contributed by atoms with van der Waals surface area (Å²) >= 11 is 6.18. The van der Waals surface area contributed by atoms with Gasteiger partial charge in [0, 0.05) is 13.3 Å². The van der Waals surface area contributed by atoms with Crippen molar-refractivity contribution in [3.05, 3.63) is 22.7 Å². The summed E-state index contributed by atoms with van der Waals surface area (Å²) in [7, 11) is -15.7. The molecule has 1 rings (SSSR count). The van der Waals surface area contributed by atoms with Crippen molar-refractivity contribution in [1.29, 1.82) is 0 Å². The van der Waals surface area contributed by atoms with Crippen molar-refractivity contribution >= 4 is 40.9 Å². The van der Waals surface area contributed by atoms with Crippen LogP contribution in [0.4, 0.5) is 5.82 Å². The quantitative estimate of drug-likeness (QED) is 0.145. The molecule has 1 heterocycles. The van der Waals surface area contributed by atoms with Crippen molar-refractivity contribution in [1.82, 2.24) is 9.55 Å². The molecule has 0 radical (unpaired) electrons. The largest absolute Gasteiger partial charge is 0.490 e. The summed E-state index contributed by atoms with van der Waals surface area (Å²) in [5.74, 6) is -0.108. The predicted molar refractivity (Wildman–Crippen MR) is 108 cm³/mol. The second-order valence-corrected chi connectivity index (χ2v) is 11.1. The molecule has 1 aromatic heterocycles. The van der Waals surface area contributed by atoms with Gasteiger partial charge in [-0.05, 0) is 12.5 Å². The van der Waals surface area contributed by atoms with E-state index in [-0.39, 0.29) is 12.2 Å². The van der Waals surface area contributed by atoms with E-state index in [9.17, 15) is 33.4 Å². The van der Waals surface area contributed by atoms with Crippen LogP contribution >= 0.6 is 35.1 Å². The smallest absolute Gasteiger partial charge is 0.387 e. The molecule has 0 aliphatic heterocycles. The first-order chi connectivity index (χ1) is 14.5. The van der Waals surface area contributed by atoms with Crippen molar-refractivity contribution in [2.75, 3.05) is 19.5 Å². The zero-order valence-corrected chi connectivity index (χ0v) is 20.1. The summed E-state index contributed by atoms with van der Waals surface area (Å²) in [4.78, 5) is 51.5. The van der Waals surface area contributed by atoms with Crippen molar-refractivity contribution < 1.29 is 56.3 Å². The van der Waals surface area contributed by atoms with E-state index < -0.39 is 53.0 Å². The number of nitrogens with zero attached hydrogens (tertiary/aromatic N) is 2. The number of phosphoric acid groups is 3. The monoisotopic (exact) mass is 545 g/mol. The Morgan fingerprint density at radius 2 is 1.81 bits per heavy atom. The molecule has 186 valence electrons. The molecule has 32 heavy (non-hydrogen) atoms. The molecule has 0 bridgehead atoms. The normalized spacial score (nSPS) is 20.0. The minimum Gasteiger partial charge on any atom is -0.387 e. The third kappa shape index (κ3) is 8.58. The minimum absolute atomic E-state index is 0.0686. The summed E-state index contributed by atoms with van der Waals surface area (Å²) in [6.45, 7) is 0.661. The molecule has 0 spiro atoms. The van der Waals surface area contributed by atoms with Gasteiger partial charge in [-0.3, -0.25) is 9.09 Å². The molecule has 1 aromatic rings. The number of aliphatic hydroxyl groups is 1. The van der Waals surface area contributed by atoms with Gasteiger partial charge in [0.1, 0.15) is 23.0 Å². The molecule has 0 amide bonds. The Labute approximate surface area is 186 Å². The lowest BCUT2D eigenvalue weighted by molar-refractivity contribution is -0.138. The SMILES string of the molecule is CCC[C@](COP(=O)(O)OP(=O)(O)OP(=O)(O)O)(OC)[C@@H](O)[C@@H](Cl)n1ccc(N)nc1=O. The highest BCUT2D eigenvalue weighted by molar-refractivity contribution is 7.66. The molecule has 0 aliphatic carbocycles. The molecule has 2 unspecified atom stereocenters. The summed E-state index contributed by atoms with van der Waals surface area (Å²) in [6, 6.07) is 1.23. The van der Waals surface area contributed by atoms with Crippen LogP contribution in [0.15, 0.2) is 17.1 Å². The summed E-state index contributed by atoms with van der Waals surface area (Å²) in [6.07, 6.45) is -0.422. The van der Waals surface area contributed by atoms with Gasteiger partial charge in [-0.2, -0.15) is 13.6 Å². The van der Waals surface area contributed by atoms with E-state index in [1.54, 1.807) is 6.92 Å². The first kappa shape index (κ1) is 29.3. The Hall–Kier alpha value is -0.700. The van der Waals surface area contributed by atoms with Crippen LogP contribution in [0.25, 0.3) is 0 Å². The van der Waals surface area contributed by atoms with Gasteiger partial charge >= 0.3 is 29.2 Å². The number of aliphatic hydroxyl groups excluding tert-OH is 1. The van der Waals surface area contributed by atoms with Gasteiger partial charge in [-0.15, -0.1) is 0 Å². The fraction of sp³-hybridized carbons (Fsp3) is 0.667. The maximum atomic E-state index is 12.0. The van der Waals surface area contributed by atoms with Crippen LogP contribution in [-0.2, 0) is 31.6 Å². The van der Waals surface area contributed by atoms with Gasteiger partial charge in [0.05, 0.1) is 6.61 Å². The number of hydrogen-bond donors (Lipinski definition) is 6. The van der Waals surface area contributed by atoms with E-state index in [4.69, 9.17) is 31.9 Å². The Bertz CT molecular complexity index is 986. The van der Waals surface area contributed by atoms with Crippen LogP contribution in [0.3, 0.4) is 0 Å². The average molecular weight is 546 g/mol. The van der Waals surface area contributed by atoms with Gasteiger partial charge in [-0.1, -0.05) is 24.9 Å². The van der Waals surface area contributed by atoms with Crippen molar-refractivity contribution in [2.24, 2.45) is 0 Å². The molecule has 20 heteroatoms. The Morgan fingerprint density at radius 1 is 1.22 bits per heavy atom. The van der Waals surface area contributed by atoms with Crippen molar-refractivity contribution in [3.8, 4) is 0 Å². The van der Waals surface area contributed by atoms with Crippen LogP contribution in [0.1, 0.15) is 25.3 Å². The number of halogens is 1. The Kier molecular flexibility index (Phi) is 10.2. The number of anilines is 1. The zero-order chi connectivity index (χ0) is 25.0. The summed E-state index contributed by atoms with van der Waals surface area (Å²) < 4.78 is 52.1. The number of phosphoric ester groups is 1. The van der Waals surface area contributed by atoms with E-state index >= 15 is 0 Å². The topological polar surface area (TPSA) is 250 Å². The van der Waals surface area contributed by atoms with E-state index in [1.807, 2.05) is 0 Å². The summed E-state index contributed by atoms with van der Waals surface area (Å²) in [5.41, 5.74) is 1.08. The molecule has 0 aromatic carbocycles. The number of ether oxygens (including phenoxy) is 1. The first-order valence-corrected chi connectivity index (χ1v) is 13.4. The Morgan fingerprint density at radius 3 is 2.28 bits per heavy atom. The zero-order valence-electron chi connectivity index (χ0n) is 16.6. The van der Waals surface area contributed by atoms with E-state index in [1.165, 1.54) is 6.07 Å². The van der Waals surface area contributed by atoms with Gasteiger partial charge < -0.3 is 35.2 Å². The highest BCUT2D eigenvalue weighted by Gasteiger charge is 2.47. The standard InChI is InChI=1S/C12H23ClN3O13P3/c1-3-5-12(26-2,9(17)10(13)16-6-4-8(14)15-11(16)18)7-27-31(22,23)29-32(24,25)28-30(19,20)21/h4,6,9-10,17H,3,5,7H2,1-2H3,(H,22,23)(H,24,25)(H2,14,15,18)(H2,19,20,21)/t9-,10-,12+/m0/s1. The second kappa shape index (κ2) is 11.2. The van der Waals surface area contributed by atoms with Gasteiger partial charge in [0.25, 0.3) is 0 Å². The maximum absolute atomic E-state index is 12.0. The molecule has 16 nitrogen and oxygen atoms in total. The second-order valence-electron chi connectivity index (χ2n) is 6.24. The molecule has 0 aliphatic rings. The molecule has 0 saturated heterocycles. The fourth-order valence-corrected chi connectivity index (χ4v) is 5.98. The highest BCUT2D eigenvalue weighted by atomic mass is 35.5. The van der Waals surface area contributed by atoms with E-state index in [0.717, 1.165) is 17.9 Å². The van der Waals surface area contributed by atoms with E-state index in [0.29, 0.717) is 6.42 Å². The minimum atomic E-state index is -5.74. The molecular formula is C12H23ClN3O13P3. The van der Waals surface area contributed by atoms with E-state index in [2.05, 4.69) is 18.1 Å². The van der Waals surface area contributed by atoms with Gasteiger partial charge in [0.15, 0.2) is 0 Å². The lowest BCUT2D eigenvalue weighted by Gasteiger charge is -2.38. The number of hydrogen-bond acceptors (Lipinski definition) is 11. The highest BCUT2D eigenvalue weighted by Crippen LogP contribution is 2.66. The third-order valence-corrected chi connectivity index (χ3v) is 8.12. The van der Waals surface area contributed by atoms with Crippen molar-refractivity contribution in [3.63, 3.8) is 0 Å². The third-order valence-electron chi connectivity index (χ3n) is 3.88. The van der Waals surface area contributed by atoms with Crippen LogP contribution in [0.2, 0.25) is 0 Å². The number of aromatic nitrogens is 2. The fourth-order valence-electron chi connectivity index (χ4n) is 2.52. The van der Waals surface area contributed by atoms with Crippen LogP contribution in [0, 0.1) is 0 Å². The first-order valence-electron chi connectivity index (χ1n) is 8.48. The van der Waals surface area contributed by atoms with Gasteiger partial charge in [-0.25, -0.2) is 18.5 Å². The lowest BCUT2D eigenvalue weighted by Crippen LogP contribution is -2.52. The molecule has 0 saturated carbocycles. The van der Waals surface area contributed by atoms with Crippen molar-refractivity contribution in [2.45, 2.75) is 37.0 Å². The number of nitrogens with two attached hydrogens (primary N) is 1. The molecule has 5 atom stereocenters. The predicted octanol–water partition coefficient (Wildman–Crippen LogP) is 0.452. The van der Waals surface area contributed by atoms with Crippen LogP contribution in [0.5, 0.6) is 0 Å². The van der Waals surface area contributed by atoms with Crippen LogP contribution < -0.4 is 11.4 Å². The molecule has 7 N–H and O–H groups in total. The Balaban J connectivity index is 3.13. The average Bonchev–Trinajstić information content (AvgIpc) is 2.61. The summed E-state index contributed by atoms with van der Waals surface area (Å²) in [5, 5.41) is 10.8. The lowest BCUT2D eigenvalue weighted by atomic mass is 9.91. The molecular weight excluding hydrogens is 523 g/mol. The maximum Gasteiger partial charge on any atom is 0.490 e. The van der Waals surface area contributed by atoms with Crippen LogP contribution in [-0.4, -0.2) is 59.7 Å². The number of rotatable bonds is 13. The van der Waals surface area contributed by atoms with Gasteiger partial charge in [0.2, 0.25) is 0 Å². The number of alkyl halides is 1. The number of nitrogen functional groups attached to an aromatic ring is 1. The molecule has 0 fully saturated rings. The number of methoxy groups -OCH3 is 1.